The Morgan fingerprint density at radius 2 is 1.52 bits per heavy atom. The van der Waals surface area contributed by atoms with Crippen molar-refractivity contribution < 1.29 is 9.59 Å². The maximum Gasteiger partial charge on any atom is 0.251 e. The highest BCUT2D eigenvalue weighted by molar-refractivity contribution is 6.22. The van der Waals surface area contributed by atoms with Crippen molar-refractivity contribution >= 4 is 23.2 Å². The maximum absolute atomic E-state index is 13.0. The molecule has 0 unspecified atom stereocenters. The largest absolute Gasteiger partial charge is 0.369 e. The number of aryl methyl sites for hydroxylation is 2. The van der Waals surface area contributed by atoms with Crippen LogP contribution in [0, 0.1) is 13.8 Å². The molecule has 0 saturated carbocycles. The fourth-order valence-electron chi connectivity index (χ4n) is 3.97. The van der Waals surface area contributed by atoms with E-state index >= 15 is 0 Å². The molecule has 0 radical (unpaired) electrons. The number of hydrogen-bond donors (Lipinski definition) is 0. The van der Waals surface area contributed by atoms with Crippen molar-refractivity contribution in [2.45, 2.75) is 26.3 Å². The van der Waals surface area contributed by atoms with Crippen LogP contribution < -0.4 is 9.80 Å². The van der Waals surface area contributed by atoms with E-state index in [0.717, 1.165) is 37.3 Å². The van der Waals surface area contributed by atoms with Crippen LogP contribution in [0.1, 0.15) is 17.5 Å². The minimum Gasteiger partial charge on any atom is -0.369 e. The molecular weight excluding hydrogens is 338 g/mol. The van der Waals surface area contributed by atoms with Gasteiger partial charge in [-0.05, 0) is 49.2 Å². The van der Waals surface area contributed by atoms with Gasteiger partial charge in [0.1, 0.15) is 0 Å². The van der Waals surface area contributed by atoms with Crippen LogP contribution in [0.3, 0.4) is 0 Å². The summed E-state index contributed by atoms with van der Waals surface area (Å²) in [5.74, 6) is -0.185. The average molecular weight is 363 g/mol. The quantitative estimate of drug-likeness (QED) is 0.787. The Kier molecular flexibility index (Phi) is 4.70. The smallest absolute Gasteiger partial charge is 0.251 e. The van der Waals surface area contributed by atoms with Crippen molar-refractivity contribution in [3.8, 4) is 0 Å². The number of carbonyl (C=O) groups is 2. The van der Waals surface area contributed by atoms with Crippen LogP contribution in [0.25, 0.3) is 0 Å². The minimum absolute atomic E-state index is 0.0867. The average Bonchev–Trinajstić information content (AvgIpc) is 2.99. The molecule has 0 aliphatic carbocycles. The molecule has 0 aromatic heterocycles. The lowest BCUT2D eigenvalue weighted by Gasteiger charge is -2.38. The number of rotatable bonds is 3. The molecular formula is C22H25N3O2. The van der Waals surface area contributed by atoms with Crippen LogP contribution in [0.2, 0.25) is 0 Å². The van der Waals surface area contributed by atoms with E-state index in [2.05, 4.69) is 21.9 Å². The highest BCUT2D eigenvalue weighted by Gasteiger charge is 2.43. The van der Waals surface area contributed by atoms with Gasteiger partial charge in [0, 0.05) is 31.9 Å². The molecule has 0 bridgehead atoms. The van der Waals surface area contributed by atoms with Crippen molar-refractivity contribution in [1.29, 1.82) is 0 Å². The predicted molar refractivity (Wildman–Crippen MR) is 107 cm³/mol. The zero-order chi connectivity index (χ0) is 19.0. The van der Waals surface area contributed by atoms with Gasteiger partial charge in [0.15, 0.2) is 0 Å². The van der Waals surface area contributed by atoms with Gasteiger partial charge in [-0.25, -0.2) is 4.90 Å². The van der Waals surface area contributed by atoms with Crippen LogP contribution >= 0.6 is 0 Å². The van der Waals surface area contributed by atoms with Crippen LogP contribution in [0.4, 0.5) is 11.4 Å². The number of piperazine rings is 1. The molecule has 2 aliphatic rings. The lowest BCUT2D eigenvalue weighted by Crippen LogP contribution is -2.52. The van der Waals surface area contributed by atoms with E-state index in [4.69, 9.17) is 0 Å². The summed E-state index contributed by atoms with van der Waals surface area (Å²) >= 11 is 0. The fraction of sp³-hybridized carbons (Fsp3) is 0.364. The molecule has 5 nitrogen and oxygen atoms in total. The second-order valence-electron chi connectivity index (χ2n) is 7.41. The van der Waals surface area contributed by atoms with Crippen molar-refractivity contribution in [3.05, 3.63) is 59.7 Å². The topological polar surface area (TPSA) is 43.9 Å². The number of para-hydroxylation sites is 1. The van der Waals surface area contributed by atoms with Crippen LogP contribution in [0.15, 0.2) is 48.5 Å². The molecule has 2 heterocycles. The van der Waals surface area contributed by atoms with Gasteiger partial charge < -0.3 is 4.90 Å². The summed E-state index contributed by atoms with van der Waals surface area (Å²) in [6.45, 7) is 7.35. The normalized spacial score (nSPS) is 21.2. The Labute approximate surface area is 160 Å². The second-order valence-corrected chi connectivity index (χ2v) is 7.41. The highest BCUT2D eigenvalue weighted by atomic mass is 16.2. The third kappa shape index (κ3) is 3.35. The zero-order valence-corrected chi connectivity index (χ0v) is 15.9. The van der Waals surface area contributed by atoms with Crippen LogP contribution in [-0.2, 0) is 9.59 Å². The molecule has 2 aliphatic heterocycles. The first-order valence-electron chi connectivity index (χ1n) is 9.52. The maximum atomic E-state index is 13.0. The molecule has 5 heteroatoms. The van der Waals surface area contributed by atoms with Gasteiger partial charge >= 0.3 is 0 Å². The van der Waals surface area contributed by atoms with E-state index in [1.165, 1.54) is 10.6 Å². The van der Waals surface area contributed by atoms with E-state index in [0.29, 0.717) is 5.69 Å². The van der Waals surface area contributed by atoms with E-state index < -0.39 is 0 Å². The standard InChI is InChI=1S/C22H25N3O2/c1-16-8-9-19(14-17(16)2)25-21(26)15-20(22(25)27)24-12-10-23(11-13-24)18-6-4-3-5-7-18/h3-9,14,20H,10-13,15H2,1-2H3/t20-/m0/s1. The van der Waals surface area contributed by atoms with Gasteiger partial charge in [0.25, 0.3) is 5.91 Å². The van der Waals surface area contributed by atoms with Crippen LogP contribution in [0.5, 0.6) is 0 Å². The molecule has 2 aromatic rings. The van der Waals surface area contributed by atoms with Gasteiger partial charge in [0.2, 0.25) is 5.91 Å². The van der Waals surface area contributed by atoms with Crippen molar-refractivity contribution in [2.75, 3.05) is 36.0 Å². The van der Waals surface area contributed by atoms with E-state index in [1.54, 1.807) is 0 Å². The summed E-state index contributed by atoms with van der Waals surface area (Å²) in [5, 5.41) is 0. The molecule has 2 amide bonds. The molecule has 140 valence electrons. The third-order valence-corrected chi connectivity index (χ3v) is 5.75. The number of hydrogen-bond acceptors (Lipinski definition) is 4. The first kappa shape index (κ1) is 17.7. The summed E-state index contributed by atoms with van der Waals surface area (Å²) in [6.07, 6.45) is 0.275. The lowest BCUT2D eigenvalue weighted by atomic mass is 10.1. The second kappa shape index (κ2) is 7.16. The third-order valence-electron chi connectivity index (χ3n) is 5.75. The molecule has 2 saturated heterocycles. The molecule has 2 fully saturated rings. The number of anilines is 2. The van der Waals surface area contributed by atoms with E-state index in [9.17, 15) is 9.59 Å². The van der Waals surface area contributed by atoms with Gasteiger partial charge in [-0.3, -0.25) is 14.5 Å². The first-order valence-corrected chi connectivity index (χ1v) is 9.52. The zero-order valence-electron chi connectivity index (χ0n) is 15.9. The van der Waals surface area contributed by atoms with Gasteiger partial charge in [-0.1, -0.05) is 24.3 Å². The van der Waals surface area contributed by atoms with E-state index in [1.807, 2.05) is 50.2 Å². The minimum atomic E-state index is -0.336. The molecule has 0 N–H and O–H groups in total. The van der Waals surface area contributed by atoms with E-state index in [-0.39, 0.29) is 24.3 Å². The Hall–Kier alpha value is -2.66. The Balaban J connectivity index is 1.45. The molecule has 0 spiro atoms. The SMILES string of the molecule is Cc1ccc(N2C(=O)C[C@H](N3CCN(c4ccccc4)CC3)C2=O)cc1C. The number of amides is 2. The molecule has 1 atom stereocenters. The predicted octanol–water partition coefficient (Wildman–Crippen LogP) is 2.76. The van der Waals surface area contributed by atoms with Crippen LogP contribution in [-0.4, -0.2) is 48.9 Å². The number of benzene rings is 2. The van der Waals surface area contributed by atoms with Crippen molar-refractivity contribution in [2.24, 2.45) is 0 Å². The lowest BCUT2D eigenvalue weighted by molar-refractivity contribution is -0.123. The van der Waals surface area contributed by atoms with Crippen molar-refractivity contribution in [1.82, 2.24) is 4.90 Å². The first-order chi connectivity index (χ1) is 13.0. The van der Waals surface area contributed by atoms with Gasteiger partial charge in [-0.2, -0.15) is 0 Å². The molecule has 2 aromatic carbocycles. The number of carbonyl (C=O) groups excluding carboxylic acids is 2. The monoisotopic (exact) mass is 363 g/mol. The van der Waals surface area contributed by atoms with Gasteiger partial charge in [-0.15, -0.1) is 0 Å². The Morgan fingerprint density at radius 1 is 0.815 bits per heavy atom. The fourth-order valence-corrected chi connectivity index (χ4v) is 3.97. The van der Waals surface area contributed by atoms with Gasteiger partial charge in [0.05, 0.1) is 18.2 Å². The van der Waals surface area contributed by atoms with Crippen molar-refractivity contribution in [3.63, 3.8) is 0 Å². The summed E-state index contributed by atoms with van der Waals surface area (Å²) in [4.78, 5) is 31.5. The number of nitrogens with zero attached hydrogens (tertiary/aromatic N) is 3. The summed E-state index contributed by atoms with van der Waals surface area (Å²) in [5.41, 5.74) is 4.15. The highest BCUT2D eigenvalue weighted by Crippen LogP contribution is 2.28. The molecule has 27 heavy (non-hydrogen) atoms. The Morgan fingerprint density at radius 3 is 2.19 bits per heavy atom. The summed E-state index contributed by atoms with van der Waals surface area (Å²) in [7, 11) is 0. The molecule has 4 rings (SSSR count). The Bertz CT molecular complexity index is 857. The number of imide groups is 1. The summed E-state index contributed by atoms with van der Waals surface area (Å²) in [6, 6.07) is 15.8. The summed E-state index contributed by atoms with van der Waals surface area (Å²) < 4.78 is 0.